The zero-order chi connectivity index (χ0) is 12.5. The van der Waals surface area contributed by atoms with Gasteiger partial charge in [0.2, 0.25) is 0 Å². The molecule has 1 N–H and O–H groups in total. The Morgan fingerprint density at radius 3 is 2.65 bits per heavy atom. The minimum absolute atomic E-state index is 0.202. The molecule has 1 aromatic rings. The van der Waals surface area contributed by atoms with E-state index in [0.717, 1.165) is 31.5 Å². The molecule has 1 fully saturated rings. The molecule has 2 nitrogen and oxygen atoms in total. The van der Waals surface area contributed by atoms with Crippen LogP contribution in [0.2, 0.25) is 0 Å². The maximum Gasteiger partial charge on any atom is 0.123 e. The van der Waals surface area contributed by atoms with Crippen molar-refractivity contribution < 1.29 is 9.50 Å². The fourth-order valence-corrected chi connectivity index (χ4v) is 2.42. The molecule has 1 unspecified atom stereocenters. The summed E-state index contributed by atoms with van der Waals surface area (Å²) in [6, 6.07) is 6.60. The van der Waals surface area contributed by atoms with Crippen LogP contribution in [0.1, 0.15) is 32.3 Å². The fraction of sp³-hybridized carbons (Fsp3) is 0.571. The highest BCUT2D eigenvalue weighted by Crippen LogP contribution is 2.29. The van der Waals surface area contributed by atoms with Crippen molar-refractivity contribution in [2.24, 2.45) is 0 Å². The van der Waals surface area contributed by atoms with Crippen LogP contribution in [-0.2, 0) is 6.54 Å². The number of hydrogen-bond acceptors (Lipinski definition) is 2. The third-order valence-electron chi connectivity index (χ3n) is 3.82. The molecule has 0 amide bonds. The first-order valence-corrected chi connectivity index (χ1v) is 6.18. The van der Waals surface area contributed by atoms with Gasteiger partial charge >= 0.3 is 0 Å². The summed E-state index contributed by atoms with van der Waals surface area (Å²) < 4.78 is 12.8. The average Bonchev–Trinajstić information content (AvgIpc) is 2.28. The summed E-state index contributed by atoms with van der Waals surface area (Å²) >= 11 is 0. The molecule has 1 heterocycles. The third kappa shape index (κ3) is 2.67. The van der Waals surface area contributed by atoms with Gasteiger partial charge in [-0.3, -0.25) is 4.90 Å². The Morgan fingerprint density at radius 1 is 1.35 bits per heavy atom. The van der Waals surface area contributed by atoms with Crippen molar-refractivity contribution in [3.05, 3.63) is 35.6 Å². The van der Waals surface area contributed by atoms with Crippen LogP contribution >= 0.6 is 0 Å². The molecule has 1 aromatic carbocycles. The molecular weight excluding hydrogens is 217 g/mol. The lowest BCUT2D eigenvalue weighted by atomic mass is 9.87. The summed E-state index contributed by atoms with van der Waals surface area (Å²) in [4.78, 5) is 2.27. The van der Waals surface area contributed by atoms with E-state index in [-0.39, 0.29) is 17.5 Å². The summed E-state index contributed by atoms with van der Waals surface area (Å²) in [6.07, 6.45) is 1.61. The lowest BCUT2D eigenvalue weighted by molar-refractivity contribution is -0.0481. The van der Waals surface area contributed by atoms with Crippen molar-refractivity contribution >= 4 is 0 Å². The number of aliphatic hydroxyl groups is 1. The van der Waals surface area contributed by atoms with Crippen molar-refractivity contribution in [2.75, 3.05) is 6.54 Å². The number of nitrogens with zero attached hydrogens (tertiary/aromatic N) is 1. The van der Waals surface area contributed by atoms with E-state index in [4.69, 9.17) is 0 Å². The maximum absolute atomic E-state index is 12.8. The van der Waals surface area contributed by atoms with Gasteiger partial charge in [-0.1, -0.05) is 12.1 Å². The quantitative estimate of drug-likeness (QED) is 0.854. The van der Waals surface area contributed by atoms with Crippen molar-refractivity contribution in [3.8, 4) is 0 Å². The van der Waals surface area contributed by atoms with Crippen LogP contribution in [0.5, 0.6) is 0 Å². The van der Waals surface area contributed by atoms with Gasteiger partial charge in [0.15, 0.2) is 0 Å². The number of halogens is 1. The molecule has 1 aliphatic rings. The monoisotopic (exact) mass is 237 g/mol. The fourth-order valence-electron chi connectivity index (χ4n) is 2.42. The number of piperidine rings is 1. The Morgan fingerprint density at radius 2 is 2.00 bits per heavy atom. The molecule has 94 valence electrons. The van der Waals surface area contributed by atoms with E-state index in [2.05, 4.69) is 18.7 Å². The molecule has 0 aliphatic carbocycles. The standard InChI is InChI=1S/C14H20FNO/c1-14(2)13(17)4-3-9-16(14)10-11-5-7-12(15)8-6-11/h5-8,13,17H,3-4,9-10H2,1-2H3. The number of benzene rings is 1. The van der Waals surface area contributed by atoms with Crippen molar-refractivity contribution in [1.82, 2.24) is 4.90 Å². The predicted octanol–water partition coefficient (Wildman–Crippen LogP) is 2.56. The first-order valence-electron chi connectivity index (χ1n) is 6.18. The second-order valence-corrected chi connectivity index (χ2v) is 5.36. The van der Waals surface area contributed by atoms with Crippen LogP contribution in [0.4, 0.5) is 4.39 Å². The zero-order valence-electron chi connectivity index (χ0n) is 10.5. The van der Waals surface area contributed by atoms with Gasteiger partial charge in [0.1, 0.15) is 5.82 Å². The second-order valence-electron chi connectivity index (χ2n) is 5.36. The molecule has 1 aliphatic heterocycles. The highest BCUT2D eigenvalue weighted by molar-refractivity contribution is 5.16. The molecule has 1 atom stereocenters. The molecule has 3 heteroatoms. The van der Waals surface area contributed by atoms with Crippen LogP contribution < -0.4 is 0 Å². The summed E-state index contributed by atoms with van der Waals surface area (Å²) in [5, 5.41) is 10.0. The highest BCUT2D eigenvalue weighted by atomic mass is 19.1. The zero-order valence-corrected chi connectivity index (χ0v) is 10.5. The second kappa shape index (κ2) is 4.75. The lowest BCUT2D eigenvalue weighted by Crippen LogP contribution is -2.55. The normalized spacial score (nSPS) is 24.8. The Labute approximate surface area is 102 Å². The highest BCUT2D eigenvalue weighted by Gasteiger charge is 2.37. The smallest absolute Gasteiger partial charge is 0.123 e. The molecule has 2 rings (SSSR count). The summed E-state index contributed by atoms with van der Waals surface area (Å²) in [5.41, 5.74) is 0.890. The lowest BCUT2D eigenvalue weighted by Gasteiger charge is -2.46. The van der Waals surface area contributed by atoms with E-state index < -0.39 is 0 Å². The van der Waals surface area contributed by atoms with Crippen molar-refractivity contribution in [3.63, 3.8) is 0 Å². The first-order chi connectivity index (χ1) is 8.00. The number of rotatable bonds is 2. The van der Waals surface area contributed by atoms with E-state index >= 15 is 0 Å². The molecule has 0 spiro atoms. The third-order valence-corrected chi connectivity index (χ3v) is 3.82. The summed E-state index contributed by atoms with van der Waals surface area (Å²) in [6.45, 7) is 5.90. The van der Waals surface area contributed by atoms with Gasteiger partial charge in [-0.2, -0.15) is 0 Å². The Balaban J connectivity index is 2.09. The number of likely N-dealkylation sites (tertiary alicyclic amines) is 1. The minimum Gasteiger partial charge on any atom is -0.391 e. The van der Waals surface area contributed by atoms with Gasteiger partial charge in [0.05, 0.1) is 6.10 Å². The molecule has 0 saturated carbocycles. The van der Waals surface area contributed by atoms with E-state index in [1.807, 2.05) is 12.1 Å². The van der Waals surface area contributed by atoms with Crippen LogP contribution in [0, 0.1) is 5.82 Å². The molecule has 0 aromatic heterocycles. The van der Waals surface area contributed by atoms with Crippen LogP contribution in [0.3, 0.4) is 0 Å². The maximum atomic E-state index is 12.8. The topological polar surface area (TPSA) is 23.5 Å². The van der Waals surface area contributed by atoms with Gasteiger partial charge in [-0.25, -0.2) is 4.39 Å². The van der Waals surface area contributed by atoms with Crippen molar-refractivity contribution in [2.45, 2.75) is 44.9 Å². The van der Waals surface area contributed by atoms with Gasteiger partial charge in [0, 0.05) is 12.1 Å². The largest absolute Gasteiger partial charge is 0.391 e. The number of aliphatic hydroxyl groups excluding tert-OH is 1. The average molecular weight is 237 g/mol. The van der Waals surface area contributed by atoms with E-state index in [9.17, 15) is 9.50 Å². The van der Waals surface area contributed by atoms with E-state index in [1.54, 1.807) is 0 Å². The van der Waals surface area contributed by atoms with Crippen molar-refractivity contribution in [1.29, 1.82) is 0 Å². The Kier molecular flexibility index (Phi) is 3.50. The van der Waals surface area contributed by atoms with Crippen LogP contribution in [0.25, 0.3) is 0 Å². The molecule has 0 bridgehead atoms. The van der Waals surface area contributed by atoms with Crippen LogP contribution in [0.15, 0.2) is 24.3 Å². The Hall–Kier alpha value is -0.930. The van der Waals surface area contributed by atoms with E-state index in [1.165, 1.54) is 12.1 Å². The first kappa shape index (κ1) is 12.5. The van der Waals surface area contributed by atoms with E-state index in [0.29, 0.717) is 0 Å². The minimum atomic E-state index is -0.281. The van der Waals surface area contributed by atoms with Gasteiger partial charge in [-0.05, 0) is 50.9 Å². The molecule has 1 saturated heterocycles. The van der Waals surface area contributed by atoms with Gasteiger partial charge < -0.3 is 5.11 Å². The Bertz CT molecular complexity index is 374. The molecule has 0 radical (unpaired) electrons. The molecule has 17 heavy (non-hydrogen) atoms. The van der Waals surface area contributed by atoms with Gasteiger partial charge in [0.25, 0.3) is 0 Å². The number of hydrogen-bond donors (Lipinski definition) is 1. The van der Waals surface area contributed by atoms with Gasteiger partial charge in [-0.15, -0.1) is 0 Å². The predicted molar refractivity (Wildman–Crippen MR) is 66.1 cm³/mol. The molecular formula is C14H20FNO. The SMILES string of the molecule is CC1(C)C(O)CCCN1Cc1ccc(F)cc1. The van der Waals surface area contributed by atoms with Crippen LogP contribution in [-0.4, -0.2) is 28.2 Å². The summed E-state index contributed by atoms with van der Waals surface area (Å²) in [7, 11) is 0. The summed E-state index contributed by atoms with van der Waals surface area (Å²) in [5.74, 6) is -0.202.